The van der Waals surface area contributed by atoms with Gasteiger partial charge in [0.15, 0.2) is 0 Å². The molecule has 0 radical (unpaired) electrons. The van der Waals surface area contributed by atoms with Crippen LogP contribution in [0.2, 0.25) is 0 Å². The summed E-state index contributed by atoms with van der Waals surface area (Å²) in [7, 11) is 0. The Morgan fingerprint density at radius 1 is 1.19 bits per heavy atom. The van der Waals surface area contributed by atoms with Gasteiger partial charge in [-0.15, -0.1) is 0 Å². The van der Waals surface area contributed by atoms with Crippen LogP contribution in [0.15, 0.2) is 30.3 Å². The minimum atomic E-state index is -4.80. The Bertz CT molecular complexity index is 496. The van der Waals surface area contributed by atoms with Gasteiger partial charge < -0.3 is 4.90 Å². The highest BCUT2D eigenvalue weighted by atomic mass is 79.9. The van der Waals surface area contributed by atoms with Crippen molar-refractivity contribution in [1.29, 1.82) is 0 Å². The summed E-state index contributed by atoms with van der Waals surface area (Å²) in [5.41, 5.74) is 0.0326. The fraction of sp³-hybridized carbons (Fsp3) is 0.385. The lowest BCUT2D eigenvalue weighted by molar-refractivity contribution is -0.166. The zero-order chi connectivity index (χ0) is 16.0. The van der Waals surface area contributed by atoms with Crippen molar-refractivity contribution >= 4 is 33.3 Å². The number of hydrogen-bond donors (Lipinski definition) is 0. The Morgan fingerprint density at radius 3 is 2.24 bits per heavy atom. The second-order valence-electron chi connectivity index (χ2n) is 4.14. The number of ketones is 1. The third-order valence-electron chi connectivity index (χ3n) is 2.64. The van der Waals surface area contributed by atoms with Gasteiger partial charge in [-0.1, -0.05) is 34.1 Å². The van der Waals surface area contributed by atoms with Crippen LogP contribution in [0.3, 0.4) is 0 Å². The molecule has 0 N–H and O–H groups in total. The molecule has 1 rings (SSSR count). The maximum Gasteiger partial charge on any atom is 0.384 e. The van der Waals surface area contributed by atoms with Gasteiger partial charge in [0.05, 0.1) is 5.33 Å². The van der Waals surface area contributed by atoms with Crippen molar-refractivity contribution in [3.8, 4) is 0 Å². The van der Waals surface area contributed by atoms with Crippen LogP contribution in [-0.4, -0.2) is 35.9 Å². The first-order valence-electron chi connectivity index (χ1n) is 5.91. The third-order valence-corrected chi connectivity index (χ3v) is 3.26. The van der Waals surface area contributed by atoms with E-state index in [1.807, 2.05) is 0 Å². The summed E-state index contributed by atoms with van der Waals surface area (Å²) in [4.78, 5) is 23.4. The zero-order valence-corrected chi connectivity index (χ0v) is 12.3. The summed E-state index contributed by atoms with van der Waals surface area (Å²) in [5.74, 6) is -7.15. The molecule has 0 saturated carbocycles. The summed E-state index contributed by atoms with van der Waals surface area (Å²) in [6.07, 6.45) is -4.33. The lowest BCUT2D eigenvalue weighted by Crippen LogP contribution is -2.48. The molecule has 21 heavy (non-hydrogen) atoms. The lowest BCUT2D eigenvalue weighted by Gasteiger charge is -2.26. The number of Topliss-reactive ketones (excluding diaryl/α,β-unsaturated/α-hetero) is 1. The predicted octanol–water partition coefficient (Wildman–Crippen LogP) is 3.27. The fourth-order valence-electron chi connectivity index (χ4n) is 1.53. The summed E-state index contributed by atoms with van der Waals surface area (Å²) < 4.78 is 51.2. The average molecular weight is 370 g/mol. The summed E-state index contributed by atoms with van der Waals surface area (Å²) in [6, 6.07) is 7.20. The number of amides is 1. The first-order chi connectivity index (χ1) is 9.80. The van der Waals surface area contributed by atoms with E-state index in [2.05, 4.69) is 15.9 Å². The molecule has 0 aliphatic heterocycles. The minimum Gasteiger partial charge on any atom is -0.307 e. The molecule has 0 aromatic heterocycles. The van der Waals surface area contributed by atoms with Gasteiger partial charge in [-0.2, -0.15) is 8.78 Å². The molecule has 0 heterocycles. The van der Waals surface area contributed by atoms with Crippen molar-refractivity contribution in [2.75, 3.05) is 16.8 Å². The van der Waals surface area contributed by atoms with E-state index in [9.17, 15) is 27.2 Å². The van der Waals surface area contributed by atoms with Crippen LogP contribution in [0.4, 0.5) is 23.2 Å². The molecular weight excluding hydrogens is 358 g/mol. The van der Waals surface area contributed by atoms with Crippen molar-refractivity contribution in [2.24, 2.45) is 0 Å². The van der Waals surface area contributed by atoms with Gasteiger partial charge in [-0.25, -0.2) is 8.78 Å². The van der Waals surface area contributed by atoms with Crippen LogP contribution < -0.4 is 4.90 Å². The number of halogens is 5. The van der Waals surface area contributed by atoms with Crippen molar-refractivity contribution in [2.45, 2.75) is 18.8 Å². The highest BCUT2D eigenvalue weighted by Crippen LogP contribution is 2.28. The van der Waals surface area contributed by atoms with E-state index in [4.69, 9.17) is 0 Å². The number of hydrogen-bond acceptors (Lipinski definition) is 2. The van der Waals surface area contributed by atoms with Crippen LogP contribution >= 0.6 is 15.9 Å². The predicted molar refractivity (Wildman–Crippen MR) is 73.2 cm³/mol. The van der Waals surface area contributed by atoms with Crippen LogP contribution in [0, 0.1) is 0 Å². The second kappa shape index (κ2) is 7.53. The lowest BCUT2D eigenvalue weighted by atomic mass is 10.2. The number of anilines is 1. The van der Waals surface area contributed by atoms with Gasteiger partial charge in [0.1, 0.15) is 5.78 Å². The molecule has 0 spiro atoms. The number of nitrogens with zero attached hydrogens (tertiary/aromatic N) is 1. The van der Waals surface area contributed by atoms with Crippen LogP contribution in [0.5, 0.6) is 0 Å². The molecule has 0 fully saturated rings. The molecule has 0 aliphatic carbocycles. The maximum atomic E-state index is 13.2. The number of carbonyl (C=O) groups is 2. The average Bonchev–Trinajstić information content (AvgIpc) is 2.47. The number of carbonyl (C=O) groups excluding carboxylic acids is 2. The van der Waals surface area contributed by atoms with Gasteiger partial charge in [0, 0.05) is 18.7 Å². The SMILES string of the molecule is O=C(CBr)CCN(C(=O)C(F)(F)C(F)F)c1ccccc1. The number of para-hydroxylation sites is 1. The smallest absolute Gasteiger partial charge is 0.307 e. The van der Waals surface area contributed by atoms with Gasteiger partial charge in [0.25, 0.3) is 0 Å². The second-order valence-corrected chi connectivity index (χ2v) is 4.70. The quantitative estimate of drug-likeness (QED) is 0.546. The molecule has 0 atom stereocenters. The zero-order valence-electron chi connectivity index (χ0n) is 10.7. The Hall–Kier alpha value is -1.44. The highest BCUT2D eigenvalue weighted by molar-refractivity contribution is 9.09. The Balaban J connectivity index is 3.02. The Kier molecular flexibility index (Phi) is 6.32. The van der Waals surface area contributed by atoms with E-state index in [0.29, 0.717) is 4.90 Å². The molecule has 0 saturated heterocycles. The van der Waals surface area contributed by atoms with Crippen LogP contribution in [0.25, 0.3) is 0 Å². The highest BCUT2D eigenvalue weighted by Gasteiger charge is 2.51. The maximum absolute atomic E-state index is 13.2. The molecule has 1 aromatic rings. The molecule has 0 unspecified atom stereocenters. The Morgan fingerprint density at radius 2 is 1.76 bits per heavy atom. The molecule has 8 heteroatoms. The van der Waals surface area contributed by atoms with Crippen molar-refractivity contribution < 1.29 is 27.2 Å². The summed E-state index contributed by atoms with van der Waals surface area (Å²) in [5, 5.41) is -0.00490. The van der Waals surface area contributed by atoms with Gasteiger partial charge in [-0.3, -0.25) is 9.59 Å². The summed E-state index contributed by atoms with van der Waals surface area (Å²) in [6.45, 7) is -0.393. The molecule has 116 valence electrons. The van der Waals surface area contributed by atoms with E-state index in [1.165, 1.54) is 24.3 Å². The van der Waals surface area contributed by atoms with Crippen LogP contribution in [0.1, 0.15) is 6.42 Å². The third kappa shape index (κ3) is 4.52. The summed E-state index contributed by atoms with van der Waals surface area (Å²) >= 11 is 2.90. The standard InChI is InChI=1S/C13H12BrF4NO2/c14-8-10(20)6-7-19(9-4-2-1-3-5-9)12(21)13(17,18)11(15)16/h1-5,11H,6-8H2. The van der Waals surface area contributed by atoms with Crippen molar-refractivity contribution in [1.82, 2.24) is 0 Å². The van der Waals surface area contributed by atoms with Crippen molar-refractivity contribution in [3.05, 3.63) is 30.3 Å². The largest absolute Gasteiger partial charge is 0.384 e. The fourth-order valence-corrected chi connectivity index (χ4v) is 1.81. The first-order valence-corrected chi connectivity index (χ1v) is 7.03. The molecule has 0 bridgehead atoms. The van der Waals surface area contributed by atoms with Gasteiger partial charge in [0.2, 0.25) is 0 Å². The minimum absolute atomic E-state index is 0.00490. The molecule has 1 amide bonds. The molecular formula is C13H12BrF4NO2. The molecule has 0 aliphatic rings. The first kappa shape index (κ1) is 17.6. The van der Waals surface area contributed by atoms with Crippen LogP contribution in [-0.2, 0) is 9.59 Å². The van der Waals surface area contributed by atoms with Gasteiger partial charge in [-0.05, 0) is 12.1 Å². The molecule has 1 aromatic carbocycles. The van der Waals surface area contributed by atoms with E-state index in [1.54, 1.807) is 6.07 Å². The van der Waals surface area contributed by atoms with E-state index >= 15 is 0 Å². The van der Waals surface area contributed by atoms with E-state index in [-0.39, 0.29) is 23.2 Å². The van der Waals surface area contributed by atoms with E-state index in [0.717, 1.165) is 0 Å². The number of rotatable bonds is 7. The monoisotopic (exact) mass is 369 g/mol. The van der Waals surface area contributed by atoms with Gasteiger partial charge >= 0.3 is 18.3 Å². The number of alkyl halides is 5. The number of benzene rings is 1. The molecule has 3 nitrogen and oxygen atoms in total. The van der Waals surface area contributed by atoms with Crippen molar-refractivity contribution in [3.63, 3.8) is 0 Å². The topological polar surface area (TPSA) is 37.4 Å². The Labute approximate surface area is 127 Å². The van der Waals surface area contributed by atoms with E-state index < -0.39 is 24.8 Å². The normalized spacial score (nSPS) is 11.5.